The fourth-order valence-electron chi connectivity index (χ4n) is 5.31. The molecule has 10 heteroatoms. The number of hydrogen-bond acceptors (Lipinski definition) is 6. The van der Waals surface area contributed by atoms with E-state index in [1.165, 1.54) is 16.7 Å². The average molecular weight is 688 g/mol. The van der Waals surface area contributed by atoms with E-state index >= 15 is 0 Å². The van der Waals surface area contributed by atoms with Crippen molar-refractivity contribution in [3.8, 4) is 5.75 Å². The van der Waals surface area contributed by atoms with Crippen LogP contribution in [0.3, 0.4) is 0 Å². The molecule has 0 aliphatic heterocycles. The van der Waals surface area contributed by atoms with Gasteiger partial charge in [-0.05, 0) is 94.0 Å². The third kappa shape index (κ3) is 9.41. The van der Waals surface area contributed by atoms with Gasteiger partial charge in [-0.2, -0.15) is 0 Å². The van der Waals surface area contributed by atoms with Gasteiger partial charge in [0.15, 0.2) is 0 Å². The second kappa shape index (κ2) is 16.2. The van der Waals surface area contributed by atoms with E-state index in [1.54, 1.807) is 48.5 Å². The molecule has 4 aromatic rings. The molecule has 2 amide bonds. The van der Waals surface area contributed by atoms with E-state index in [-0.39, 0.29) is 29.5 Å². The lowest BCUT2D eigenvalue weighted by atomic mass is 10.00. The number of carbonyl (C=O) groups excluding carboxylic acids is 2. The summed E-state index contributed by atoms with van der Waals surface area (Å²) in [6.07, 6.45) is 2.15. The molecule has 0 aromatic heterocycles. The quantitative estimate of drug-likeness (QED) is 0.146. The van der Waals surface area contributed by atoms with Gasteiger partial charge in [0, 0.05) is 23.4 Å². The Bertz CT molecular complexity index is 1790. The number of sulfonamides is 1. The van der Waals surface area contributed by atoms with Crippen LogP contribution < -0.4 is 14.4 Å². The number of anilines is 1. The highest BCUT2D eigenvalue weighted by molar-refractivity contribution is 7.98. The number of benzene rings is 4. The first-order valence-corrected chi connectivity index (χ1v) is 18.6. The summed E-state index contributed by atoms with van der Waals surface area (Å²) < 4.78 is 35.9. The first-order chi connectivity index (χ1) is 22.8. The third-order valence-electron chi connectivity index (χ3n) is 7.73. The summed E-state index contributed by atoms with van der Waals surface area (Å²) in [6, 6.07) is 29.6. The zero-order valence-electron chi connectivity index (χ0n) is 28.5. The highest BCUT2D eigenvalue weighted by atomic mass is 32.2. The fraction of sp³-hybridized carbons (Fsp3) is 0.316. The molecule has 8 nitrogen and oxygen atoms in total. The van der Waals surface area contributed by atoms with Crippen molar-refractivity contribution in [2.75, 3.05) is 23.7 Å². The number of nitrogens with zero attached hydrogens (tertiary/aromatic N) is 2. The van der Waals surface area contributed by atoms with Crippen molar-refractivity contribution in [3.63, 3.8) is 0 Å². The van der Waals surface area contributed by atoms with E-state index in [2.05, 4.69) is 5.32 Å². The van der Waals surface area contributed by atoms with Gasteiger partial charge in [-0.1, -0.05) is 66.7 Å². The lowest BCUT2D eigenvalue weighted by Crippen LogP contribution is -2.56. The maximum atomic E-state index is 14.8. The van der Waals surface area contributed by atoms with Crippen LogP contribution >= 0.6 is 11.8 Å². The second-order valence-electron chi connectivity index (χ2n) is 12.5. The number of hydrogen-bond donors (Lipinski definition) is 1. The van der Waals surface area contributed by atoms with Crippen LogP contribution in [-0.4, -0.2) is 56.1 Å². The van der Waals surface area contributed by atoms with E-state index < -0.39 is 34.1 Å². The van der Waals surface area contributed by atoms with Crippen LogP contribution in [0.15, 0.2) is 113 Å². The van der Waals surface area contributed by atoms with E-state index in [4.69, 9.17) is 4.74 Å². The molecule has 0 unspecified atom stereocenters. The molecule has 0 bridgehead atoms. The summed E-state index contributed by atoms with van der Waals surface area (Å²) >= 11 is 1.50. The van der Waals surface area contributed by atoms with Gasteiger partial charge in [0.2, 0.25) is 11.8 Å². The van der Waals surface area contributed by atoms with Gasteiger partial charge in [0.25, 0.3) is 10.0 Å². The molecule has 4 aromatic carbocycles. The van der Waals surface area contributed by atoms with Gasteiger partial charge in [-0.15, -0.1) is 11.8 Å². The summed E-state index contributed by atoms with van der Waals surface area (Å²) in [6.45, 7) is 9.27. The first kappa shape index (κ1) is 36.6. The van der Waals surface area contributed by atoms with Crippen LogP contribution in [-0.2, 0) is 32.6 Å². The number of amides is 2. The van der Waals surface area contributed by atoms with Crippen LogP contribution in [0.4, 0.5) is 5.69 Å². The maximum absolute atomic E-state index is 14.8. The molecule has 0 spiro atoms. The van der Waals surface area contributed by atoms with Crippen LogP contribution in [0.5, 0.6) is 5.75 Å². The minimum absolute atomic E-state index is 0.0381. The van der Waals surface area contributed by atoms with Gasteiger partial charge in [0.1, 0.15) is 18.3 Å². The maximum Gasteiger partial charge on any atom is 0.264 e. The standard InChI is InChI=1S/C38H45N3O5S2/c1-7-46-35-20-14-13-19-33(35)41(48(44,45)32-23-21-31(47-6)22-24-32)27-36(42)40(26-30-18-12-11-15-28(30)2)34(37(43)39-38(3,4)5)25-29-16-9-8-10-17-29/h8-24,34H,7,25-27H2,1-6H3,(H,39,43)/t34-/m0/s1. The summed E-state index contributed by atoms with van der Waals surface area (Å²) in [4.78, 5) is 31.3. The molecule has 254 valence electrons. The van der Waals surface area contributed by atoms with Crippen LogP contribution in [0.1, 0.15) is 44.4 Å². The molecule has 0 aliphatic rings. The minimum Gasteiger partial charge on any atom is -0.492 e. The molecule has 4 rings (SSSR count). The topological polar surface area (TPSA) is 96.0 Å². The van der Waals surface area contributed by atoms with Gasteiger partial charge >= 0.3 is 0 Å². The SMILES string of the molecule is CCOc1ccccc1N(CC(=O)N(Cc1ccccc1C)[C@@H](Cc1ccccc1)C(=O)NC(C)(C)C)S(=O)(=O)c1ccc(SC)cc1. The van der Waals surface area contributed by atoms with Crippen molar-refractivity contribution >= 4 is 39.3 Å². The molecule has 1 N–H and O–H groups in total. The lowest BCUT2D eigenvalue weighted by molar-refractivity contribution is -0.140. The Labute approximate surface area is 289 Å². The molecule has 0 heterocycles. The molecule has 1 atom stereocenters. The highest BCUT2D eigenvalue weighted by Gasteiger charge is 2.36. The molecular formula is C38H45N3O5S2. The van der Waals surface area contributed by atoms with Gasteiger partial charge in [-0.25, -0.2) is 8.42 Å². The zero-order valence-corrected chi connectivity index (χ0v) is 30.1. The molecule has 0 aliphatic carbocycles. The molecule has 48 heavy (non-hydrogen) atoms. The van der Waals surface area contributed by atoms with Crippen LogP contribution in [0, 0.1) is 6.92 Å². The summed E-state index contributed by atoms with van der Waals surface area (Å²) in [7, 11) is -4.27. The average Bonchev–Trinajstić information content (AvgIpc) is 3.06. The number of carbonyl (C=O) groups is 2. The molecule has 0 saturated heterocycles. The van der Waals surface area contributed by atoms with Crippen LogP contribution in [0.25, 0.3) is 0 Å². The first-order valence-electron chi connectivity index (χ1n) is 15.9. The molecule has 0 fully saturated rings. The van der Waals surface area contributed by atoms with Crippen molar-refractivity contribution in [3.05, 3.63) is 120 Å². The van der Waals surface area contributed by atoms with Crippen molar-refractivity contribution in [1.82, 2.24) is 10.2 Å². The normalized spacial score (nSPS) is 12.2. The monoisotopic (exact) mass is 687 g/mol. The van der Waals surface area contributed by atoms with E-state index in [0.29, 0.717) is 12.4 Å². The number of rotatable bonds is 14. The van der Waals surface area contributed by atoms with Crippen molar-refractivity contribution in [1.29, 1.82) is 0 Å². The lowest BCUT2D eigenvalue weighted by Gasteiger charge is -2.35. The Hall–Kier alpha value is -4.28. The number of thioether (sulfide) groups is 1. The van der Waals surface area contributed by atoms with Gasteiger partial charge in [-0.3, -0.25) is 13.9 Å². The predicted octanol–water partition coefficient (Wildman–Crippen LogP) is 6.87. The Balaban J connectivity index is 1.86. The number of nitrogens with one attached hydrogen (secondary N) is 1. The Morgan fingerprint density at radius 3 is 2.12 bits per heavy atom. The summed E-state index contributed by atoms with van der Waals surface area (Å²) in [5.74, 6) is -0.530. The number of ether oxygens (including phenoxy) is 1. The van der Waals surface area contributed by atoms with Crippen LogP contribution in [0.2, 0.25) is 0 Å². The second-order valence-corrected chi connectivity index (χ2v) is 15.2. The Kier molecular flexibility index (Phi) is 12.3. The van der Waals surface area contributed by atoms with E-state index in [0.717, 1.165) is 25.9 Å². The fourth-order valence-corrected chi connectivity index (χ4v) is 7.14. The molecule has 0 saturated carbocycles. The van der Waals surface area contributed by atoms with Crippen molar-refractivity contribution in [2.24, 2.45) is 0 Å². The van der Waals surface area contributed by atoms with E-state index in [9.17, 15) is 18.0 Å². The smallest absolute Gasteiger partial charge is 0.264 e. The largest absolute Gasteiger partial charge is 0.492 e. The Morgan fingerprint density at radius 2 is 1.50 bits per heavy atom. The summed E-state index contributed by atoms with van der Waals surface area (Å²) in [5.41, 5.74) is 2.33. The Morgan fingerprint density at radius 1 is 0.875 bits per heavy atom. The predicted molar refractivity (Wildman–Crippen MR) is 194 cm³/mol. The third-order valence-corrected chi connectivity index (χ3v) is 10.2. The zero-order chi connectivity index (χ0) is 34.9. The summed E-state index contributed by atoms with van der Waals surface area (Å²) in [5, 5.41) is 3.07. The van der Waals surface area contributed by atoms with Gasteiger partial charge < -0.3 is 15.0 Å². The number of aryl methyl sites for hydroxylation is 1. The van der Waals surface area contributed by atoms with Gasteiger partial charge in [0.05, 0.1) is 17.2 Å². The molecule has 0 radical (unpaired) electrons. The van der Waals surface area contributed by atoms with Crippen molar-refractivity contribution in [2.45, 2.75) is 69.0 Å². The molecular weight excluding hydrogens is 643 g/mol. The minimum atomic E-state index is -4.27. The number of para-hydroxylation sites is 2. The van der Waals surface area contributed by atoms with E-state index in [1.807, 2.05) is 95.5 Å². The highest BCUT2D eigenvalue weighted by Crippen LogP contribution is 2.33. The van der Waals surface area contributed by atoms with Crippen molar-refractivity contribution < 1.29 is 22.7 Å².